The van der Waals surface area contributed by atoms with Crippen molar-refractivity contribution in [3.8, 4) is 0 Å². The summed E-state index contributed by atoms with van der Waals surface area (Å²) in [5.41, 5.74) is 4.31. The summed E-state index contributed by atoms with van der Waals surface area (Å²) in [6, 6.07) is 15.0. The van der Waals surface area contributed by atoms with Crippen LogP contribution in [0.2, 0.25) is 0 Å². The Labute approximate surface area is 227 Å². The summed E-state index contributed by atoms with van der Waals surface area (Å²) in [7, 11) is -3.92. The van der Waals surface area contributed by atoms with Crippen LogP contribution < -0.4 is 4.72 Å². The van der Waals surface area contributed by atoms with Gasteiger partial charge in [-0.25, -0.2) is 8.42 Å². The van der Waals surface area contributed by atoms with Crippen LogP contribution in [0.25, 0.3) is 0 Å². The van der Waals surface area contributed by atoms with E-state index >= 15 is 0 Å². The van der Waals surface area contributed by atoms with Crippen LogP contribution in [0, 0.1) is 0 Å². The van der Waals surface area contributed by atoms with E-state index in [4.69, 9.17) is 0 Å². The lowest BCUT2D eigenvalue weighted by Gasteiger charge is -2.35. The third-order valence-corrected chi connectivity index (χ3v) is 8.12. The van der Waals surface area contributed by atoms with Crippen molar-refractivity contribution in [1.82, 2.24) is 9.80 Å². The van der Waals surface area contributed by atoms with Gasteiger partial charge in [-0.2, -0.15) is 0 Å². The van der Waals surface area contributed by atoms with Gasteiger partial charge in [0, 0.05) is 51.6 Å². The Hall–Kier alpha value is -3.75. The molecule has 1 saturated heterocycles. The highest BCUT2D eigenvalue weighted by Gasteiger charge is 2.26. The predicted molar refractivity (Wildman–Crippen MR) is 157 cm³/mol. The molecule has 1 aliphatic heterocycles. The van der Waals surface area contributed by atoms with Crippen LogP contribution in [-0.2, 0) is 16.6 Å². The monoisotopic (exact) mass is 532 g/mol. The van der Waals surface area contributed by atoms with Gasteiger partial charge in [-0.3, -0.25) is 19.4 Å². The van der Waals surface area contributed by atoms with Gasteiger partial charge < -0.3 is 4.90 Å². The van der Waals surface area contributed by atoms with Crippen molar-refractivity contribution in [3.05, 3.63) is 113 Å². The lowest BCUT2D eigenvalue weighted by Crippen LogP contribution is -2.48. The number of aliphatic imine (C=N–C) groups is 1. The second-order valence-electron chi connectivity index (χ2n) is 9.68. The Balaban J connectivity index is 0.00000420. The van der Waals surface area contributed by atoms with Crippen molar-refractivity contribution in [3.63, 3.8) is 0 Å². The Bertz CT molecular complexity index is 1420. The lowest BCUT2D eigenvalue weighted by atomic mass is 9.97. The van der Waals surface area contributed by atoms with Crippen molar-refractivity contribution in [2.45, 2.75) is 26.3 Å². The molecule has 2 aliphatic rings. The quantitative estimate of drug-likeness (QED) is 0.497. The summed E-state index contributed by atoms with van der Waals surface area (Å²) in [6.45, 7) is 15.6. The topological polar surface area (TPSA) is 82.1 Å². The van der Waals surface area contributed by atoms with Crippen LogP contribution in [0.15, 0.2) is 102 Å². The molecule has 1 heterocycles. The fraction of sp³-hybridized carbons (Fsp3) is 0.267. The van der Waals surface area contributed by atoms with Gasteiger partial charge in [0.2, 0.25) is 0 Å². The minimum Gasteiger partial charge on any atom is -0.336 e. The Kier molecular flexibility index (Phi) is 8.44. The Morgan fingerprint density at radius 2 is 1.79 bits per heavy atom. The van der Waals surface area contributed by atoms with E-state index in [1.54, 1.807) is 36.4 Å². The minimum atomic E-state index is -3.92. The van der Waals surface area contributed by atoms with E-state index in [0.717, 1.165) is 19.6 Å². The molecule has 4 rings (SSSR count). The second kappa shape index (κ2) is 11.8. The molecule has 8 heteroatoms. The minimum absolute atomic E-state index is 0. The fourth-order valence-electron chi connectivity index (χ4n) is 4.69. The van der Waals surface area contributed by atoms with Gasteiger partial charge in [0.25, 0.3) is 15.9 Å². The van der Waals surface area contributed by atoms with E-state index in [1.165, 1.54) is 23.4 Å². The van der Waals surface area contributed by atoms with E-state index in [2.05, 4.69) is 65.9 Å². The third kappa shape index (κ3) is 6.20. The average molecular weight is 533 g/mol. The number of nitrogens with one attached hydrogen (secondary N) is 1. The number of anilines is 1. The number of hydrogen-bond donors (Lipinski definition) is 1. The number of carbonyl (C=O) groups excluding carboxylic acids is 1. The molecule has 2 aromatic rings. The summed E-state index contributed by atoms with van der Waals surface area (Å²) < 4.78 is 28.6. The van der Waals surface area contributed by atoms with Gasteiger partial charge in [0.1, 0.15) is 4.91 Å². The van der Waals surface area contributed by atoms with Crippen LogP contribution in [0.1, 0.15) is 42.7 Å². The van der Waals surface area contributed by atoms with Gasteiger partial charge >= 0.3 is 0 Å². The van der Waals surface area contributed by atoms with Crippen molar-refractivity contribution in [2.24, 2.45) is 4.99 Å². The van der Waals surface area contributed by atoms with Crippen LogP contribution >= 0.6 is 0 Å². The first-order chi connectivity index (χ1) is 18.2. The molecule has 1 fully saturated rings. The smallest absolute Gasteiger partial charge is 0.264 e. The van der Waals surface area contributed by atoms with E-state index < -0.39 is 10.0 Å². The Morgan fingerprint density at radius 1 is 1.11 bits per heavy atom. The molecule has 0 bridgehead atoms. The molecule has 0 spiro atoms. The van der Waals surface area contributed by atoms with Gasteiger partial charge in [0.05, 0.1) is 5.71 Å². The zero-order valence-electron chi connectivity index (χ0n) is 21.9. The number of rotatable bonds is 8. The van der Waals surface area contributed by atoms with Crippen molar-refractivity contribution >= 4 is 27.3 Å². The molecule has 1 N–H and O–H groups in total. The van der Waals surface area contributed by atoms with Crippen molar-refractivity contribution in [2.75, 3.05) is 30.9 Å². The first-order valence-corrected chi connectivity index (χ1v) is 14.2. The van der Waals surface area contributed by atoms with Gasteiger partial charge in [0.15, 0.2) is 0 Å². The number of amides is 1. The number of piperazine rings is 1. The largest absolute Gasteiger partial charge is 0.336 e. The number of carbonyl (C=O) groups is 1. The lowest BCUT2D eigenvalue weighted by molar-refractivity contribution is 0.0628. The molecule has 7 nitrogen and oxygen atoms in total. The zero-order valence-corrected chi connectivity index (χ0v) is 22.7. The standard InChI is InChI=1S/C30H34N4O3S.H2/c1-5-31-29-23(4)9-8-12-28(29)38(36,37)32-26-15-13-24(14-16-26)30(35)34-19-17-33(18-20-34)21-25-10-6-7-11-27(25)22(2)3;/h5-16,22,32H,1,4,17-21H2,2-3H3;1H. The molecule has 1 amide bonds. The SMILES string of the molecule is C=CN=C1C(=C)C=CC=C1S(=O)(=O)Nc1ccc(C(=O)N2CCN(Cc3ccccc3C(C)C)CC2)cc1.[HH]. The van der Waals surface area contributed by atoms with E-state index in [0.29, 0.717) is 35.8 Å². The number of nitrogens with zero attached hydrogens (tertiary/aromatic N) is 3. The van der Waals surface area contributed by atoms with E-state index in [1.807, 2.05) is 4.90 Å². The molecular formula is C30H36N4O3S. The summed E-state index contributed by atoms with van der Waals surface area (Å²) in [5.74, 6) is 0.415. The van der Waals surface area contributed by atoms with Crippen LogP contribution in [0.3, 0.4) is 0 Å². The van der Waals surface area contributed by atoms with Crippen molar-refractivity contribution < 1.29 is 14.6 Å². The van der Waals surface area contributed by atoms with Gasteiger partial charge in [-0.1, -0.05) is 63.4 Å². The van der Waals surface area contributed by atoms with Gasteiger partial charge in [-0.05, 0) is 53.0 Å². The average Bonchev–Trinajstić information content (AvgIpc) is 2.90. The van der Waals surface area contributed by atoms with Gasteiger partial charge in [-0.15, -0.1) is 0 Å². The molecule has 0 radical (unpaired) electrons. The van der Waals surface area contributed by atoms with Crippen LogP contribution in [0.5, 0.6) is 0 Å². The summed E-state index contributed by atoms with van der Waals surface area (Å²) in [5, 5.41) is 0. The highest BCUT2D eigenvalue weighted by atomic mass is 32.2. The molecule has 38 heavy (non-hydrogen) atoms. The molecular weight excluding hydrogens is 496 g/mol. The molecule has 200 valence electrons. The molecule has 2 aromatic carbocycles. The number of allylic oxidation sites excluding steroid dienone is 5. The second-order valence-corrected chi connectivity index (χ2v) is 11.3. The summed E-state index contributed by atoms with van der Waals surface area (Å²) in [4.78, 5) is 21.4. The third-order valence-electron chi connectivity index (χ3n) is 6.71. The normalized spacial score (nSPS) is 17.6. The fourth-order valence-corrected chi connectivity index (χ4v) is 5.94. The van der Waals surface area contributed by atoms with Crippen molar-refractivity contribution in [1.29, 1.82) is 0 Å². The first kappa shape index (κ1) is 27.3. The highest BCUT2D eigenvalue weighted by Crippen LogP contribution is 2.24. The number of sulfonamides is 1. The number of benzene rings is 2. The molecule has 1 aliphatic carbocycles. The molecule has 0 aromatic heterocycles. The Morgan fingerprint density at radius 3 is 2.45 bits per heavy atom. The molecule has 0 atom stereocenters. The van der Waals surface area contributed by atoms with Crippen LogP contribution in [-0.4, -0.2) is 56.0 Å². The highest BCUT2D eigenvalue weighted by molar-refractivity contribution is 7.97. The molecule has 0 saturated carbocycles. The maximum Gasteiger partial charge on any atom is 0.264 e. The van der Waals surface area contributed by atoms with E-state index in [9.17, 15) is 13.2 Å². The summed E-state index contributed by atoms with van der Waals surface area (Å²) >= 11 is 0. The molecule has 0 unspecified atom stereocenters. The zero-order chi connectivity index (χ0) is 27.3. The first-order valence-electron chi connectivity index (χ1n) is 12.7. The maximum absolute atomic E-state index is 13.1. The predicted octanol–water partition coefficient (Wildman–Crippen LogP) is 5.35. The number of hydrogen-bond acceptors (Lipinski definition) is 5. The van der Waals surface area contributed by atoms with E-state index in [-0.39, 0.29) is 18.0 Å². The maximum atomic E-state index is 13.1. The van der Waals surface area contributed by atoms with Crippen LogP contribution in [0.4, 0.5) is 5.69 Å². The summed E-state index contributed by atoms with van der Waals surface area (Å²) in [6.07, 6.45) is 6.06.